The van der Waals surface area contributed by atoms with Crippen LogP contribution in [0.25, 0.3) is 0 Å². The number of likely N-dealkylation sites (tertiary alicyclic amines) is 1. The number of benzene rings is 2. The van der Waals surface area contributed by atoms with E-state index in [0.29, 0.717) is 43.3 Å². The van der Waals surface area contributed by atoms with Gasteiger partial charge in [-0.3, -0.25) is 9.59 Å². The van der Waals surface area contributed by atoms with Gasteiger partial charge >= 0.3 is 6.61 Å². The minimum Gasteiger partial charge on any atom is -0.489 e. The van der Waals surface area contributed by atoms with Gasteiger partial charge in [0.1, 0.15) is 0 Å². The van der Waals surface area contributed by atoms with Gasteiger partial charge in [-0.25, -0.2) is 0 Å². The molecule has 1 saturated carbocycles. The van der Waals surface area contributed by atoms with E-state index in [1.807, 2.05) is 12.1 Å². The Labute approximate surface area is 203 Å². The number of hydrogen-bond acceptors (Lipinski definition) is 5. The molecule has 7 nitrogen and oxygen atoms in total. The van der Waals surface area contributed by atoms with Crippen molar-refractivity contribution < 1.29 is 27.8 Å². The molecule has 1 heterocycles. The molecule has 2 atom stereocenters. The van der Waals surface area contributed by atoms with E-state index < -0.39 is 6.61 Å². The maximum absolute atomic E-state index is 12.9. The molecule has 2 N–H and O–H groups in total. The van der Waals surface area contributed by atoms with Crippen molar-refractivity contribution in [3.05, 3.63) is 53.6 Å². The van der Waals surface area contributed by atoms with Gasteiger partial charge in [0.05, 0.1) is 12.2 Å². The number of ether oxygens (including phenoxy) is 2. The Hall–Kier alpha value is -3.36. The molecule has 1 unspecified atom stereocenters. The summed E-state index contributed by atoms with van der Waals surface area (Å²) in [5.74, 6) is 0.451. The van der Waals surface area contributed by atoms with Crippen molar-refractivity contribution in [2.75, 3.05) is 32.1 Å². The van der Waals surface area contributed by atoms with Crippen molar-refractivity contribution >= 4 is 17.5 Å². The Bertz CT molecular complexity index is 1060. The highest BCUT2D eigenvalue weighted by atomic mass is 19.3. The summed E-state index contributed by atoms with van der Waals surface area (Å²) < 4.78 is 36.2. The van der Waals surface area contributed by atoms with E-state index in [9.17, 15) is 18.4 Å². The molecule has 0 bridgehead atoms. The van der Waals surface area contributed by atoms with Gasteiger partial charge in [-0.2, -0.15) is 8.78 Å². The van der Waals surface area contributed by atoms with Crippen LogP contribution in [0.15, 0.2) is 42.5 Å². The first-order valence-corrected chi connectivity index (χ1v) is 11.9. The number of nitrogens with one attached hydrogen (secondary N) is 2. The quantitative estimate of drug-likeness (QED) is 0.524. The highest BCUT2D eigenvalue weighted by Gasteiger charge is 2.35. The van der Waals surface area contributed by atoms with E-state index in [0.717, 1.165) is 24.1 Å². The first-order chi connectivity index (χ1) is 16.9. The van der Waals surface area contributed by atoms with Crippen LogP contribution in [0.3, 0.4) is 0 Å². The van der Waals surface area contributed by atoms with Crippen molar-refractivity contribution in [1.29, 1.82) is 0 Å². The lowest BCUT2D eigenvalue weighted by Gasteiger charge is -2.23. The lowest BCUT2D eigenvalue weighted by molar-refractivity contribution is -0.129. The molecule has 1 aliphatic heterocycles. The van der Waals surface area contributed by atoms with Crippen LogP contribution < -0.4 is 20.1 Å². The first kappa shape index (κ1) is 24.8. The molecule has 2 aromatic carbocycles. The summed E-state index contributed by atoms with van der Waals surface area (Å²) in [6, 6.07) is 12.0. The van der Waals surface area contributed by atoms with Crippen molar-refractivity contribution in [2.24, 2.45) is 5.92 Å². The number of hydrogen-bond donors (Lipinski definition) is 2. The minimum absolute atomic E-state index is 0.0119. The van der Waals surface area contributed by atoms with Gasteiger partial charge in [-0.1, -0.05) is 18.2 Å². The van der Waals surface area contributed by atoms with E-state index in [1.165, 1.54) is 13.0 Å². The lowest BCUT2D eigenvalue weighted by Crippen LogP contribution is -2.42. The largest absolute Gasteiger partial charge is 0.489 e. The van der Waals surface area contributed by atoms with Crippen LogP contribution in [0.2, 0.25) is 0 Å². The standard InChI is InChI=1S/C26H31F2N3O4/c1-16(32)31-14-19(11-20(31)13-30-25(33)21-5-3-4-6-22(21)29-2)18-9-10-23(35-26(27)28)24(12-18)34-15-17-7-8-17/h3-6,9-10,12,17,19-20,26,29H,7-8,11,13-15H2,1-2H3,(H,30,33)/t19?,20-/m1/s1. The van der Waals surface area contributed by atoms with Crippen LogP contribution in [-0.4, -0.2) is 56.1 Å². The molecule has 1 saturated heterocycles. The maximum Gasteiger partial charge on any atom is 0.387 e. The molecule has 0 aromatic heterocycles. The van der Waals surface area contributed by atoms with E-state index in [4.69, 9.17) is 4.74 Å². The number of anilines is 1. The van der Waals surface area contributed by atoms with E-state index in [1.54, 1.807) is 36.2 Å². The summed E-state index contributed by atoms with van der Waals surface area (Å²) in [6.45, 7) is -0.178. The van der Waals surface area contributed by atoms with Gasteiger partial charge in [0, 0.05) is 44.7 Å². The van der Waals surface area contributed by atoms with Gasteiger partial charge < -0.3 is 25.0 Å². The number of para-hydroxylation sites is 1. The molecular weight excluding hydrogens is 456 g/mol. The Morgan fingerprint density at radius 2 is 1.91 bits per heavy atom. The summed E-state index contributed by atoms with van der Waals surface area (Å²) in [4.78, 5) is 26.9. The lowest BCUT2D eigenvalue weighted by atomic mass is 9.96. The number of nitrogens with zero attached hydrogens (tertiary/aromatic N) is 1. The van der Waals surface area contributed by atoms with Crippen molar-refractivity contribution in [3.8, 4) is 11.5 Å². The third-order valence-corrected chi connectivity index (χ3v) is 6.58. The average molecular weight is 488 g/mol. The topological polar surface area (TPSA) is 79.9 Å². The van der Waals surface area contributed by atoms with Crippen LogP contribution in [0, 0.1) is 5.92 Å². The second-order valence-corrected chi connectivity index (χ2v) is 9.10. The van der Waals surface area contributed by atoms with Gasteiger partial charge in [0.2, 0.25) is 5.91 Å². The molecule has 1 aliphatic carbocycles. The summed E-state index contributed by atoms with van der Waals surface area (Å²) in [5.41, 5.74) is 2.14. The Morgan fingerprint density at radius 3 is 2.60 bits per heavy atom. The summed E-state index contributed by atoms with van der Waals surface area (Å²) in [5, 5.41) is 5.96. The number of rotatable bonds is 10. The van der Waals surface area contributed by atoms with Crippen LogP contribution >= 0.6 is 0 Å². The SMILES string of the molecule is CNc1ccccc1C(=O)NC[C@H]1CC(c2ccc(OC(F)F)c(OCC3CC3)c2)CN1C(C)=O. The summed E-state index contributed by atoms with van der Waals surface area (Å²) >= 11 is 0. The van der Waals surface area contributed by atoms with Gasteiger partial charge in [0.25, 0.3) is 5.91 Å². The van der Waals surface area contributed by atoms with Crippen LogP contribution in [0.4, 0.5) is 14.5 Å². The Balaban J connectivity index is 1.46. The zero-order valence-corrected chi connectivity index (χ0v) is 19.9. The fourth-order valence-corrected chi connectivity index (χ4v) is 4.52. The van der Waals surface area contributed by atoms with Gasteiger partial charge in [-0.15, -0.1) is 0 Å². The number of halogens is 2. The fourth-order valence-electron chi connectivity index (χ4n) is 4.52. The second-order valence-electron chi connectivity index (χ2n) is 9.10. The number of alkyl halides is 2. The van der Waals surface area contributed by atoms with E-state index in [2.05, 4.69) is 15.4 Å². The molecule has 188 valence electrons. The smallest absolute Gasteiger partial charge is 0.387 e. The normalized spacial score (nSPS) is 19.5. The summed E-state index contributed by atoms with van der Waals surface area (Å²) in [6.07, 6.45) is 2.78. The third kappa shape index (κ3) is 6.21. The molecule has 0 radical (unpaired) electrons. The molecule has 9 heteroatoms. The molecular formula is C26H31F2N3O4. The fraction of sp³-hybridized carbons (Fsp3) is 0.462. The highest BCUT2D eigenvalue weighted by Crippen LogP contribution is 2.38. The maximum atomic E-state index is 12.9. The van der Waals surface area contributed by atoms with Crippen LogP contribution in [0.1, 0.15) is 48.0 Å². The van der Waals surface area contributed by atoms with Crippen molar-refractivity contribution in [3.63, 3.8) is 0 Å². The summed E-state index contributed by atoms with van der Waals surface area (Å²) in [7, 11) is 1.76. The molecule has 4 rings (SSSR count). The Morgan fingerprint density at radius 1 is 1.14 bits per heavy atom. The Kier molecular flexibility index (Phi) is 7.73. The monoisotopic (exact) mass is 487 g/mol. The number of carbonyl (C=O) groups excluding carboxylic acids is 2. The molecule has 2 aromatic rings. The van der Waals surface area contributed by atoms with E-state index >= 15 is 0 Å². The average Bonchev–Trinajstić information content (AvgIpc) is 3.57. The molecule has 0 spiro atoms. The van der Waals surface area contributed by atoms with Crippen molar-refractivity contribution in [1.82, 2.24) is 10.2 Å². The number of amides is 2. The molecule has 2 aliphatic rings. The predicted octanol–water partition coefficient (Wildman–Crippen LogP) is 4.25. The van der Waals surface area contributed by atoms with Crippen molar-refractivity contribution in [2.45, 2.75) is 44.8 Å². The number of carbonyl (C=O) groups is 2. The minimum atomic E-state index is -2.94. The van der Waals surface area contributed by atoms with E-state index in [-0.39, 0.29) is 29.5 Å². The second kappa shape index (κ2) is 10.9. The zero-order valence-electron chi connectivity index (χ0n) is 19.9. The molecule has 2 fully saturated rings. The molecule has 35 heavy (non-hydrogen) atoms. The van der Waals surface area contributed by atoms with Crippen LogP contribution in [0.5, 0.6) is 11.5 Å². The highest BCUT2D eigenvalue weighted by molar-refractivity contribution is 5.99. The molecule has 2 amide bonds. The predicted molar refractivity (Wildman–Crippen MR) is 128 cm³/mol. The van der Waals surface area contributed by atoms with Gasteiger partial charge in [-0.05, 0) is 55.0 Å². The van der Waals surface area contributed by atoms with Crippen LogP contribution in [-0.2, 0) is 4.79 Å². The third-order valence-electron chi connectivity index (χ3n) is 6.58. The van der Waals surface area contributed by atoms with Gasteiger partial charge in [0.15, 0.2) is 11.5 Å². The first-order valence-electron chi connectivity index (χ1n) is 11.9. The zero-order chi connectivity index (χ0) is 24.9.